The van der Waals surface area contributed by atoms with Gasteiger partial charge in [0.1, 0.15) is 0 Å². The number of piperidine rings is 2. The minimum atomic E-state index is -0.380. The molecule has 2 saturated heterocycles. The van der Waals surface area contributed by atoms with Crippen LogP contribution in [0.5, 0.6) is 0 Å². The van der Waals surface area contributed by atoms with E-state index < -0.39 is 0 Å². The number of benzene rings is 1. The summed E-state index contributed by atoms with van der Waals surface area (Å²) in [7, 11) is 0. The van der Waals surface area contributed by atoms with E-state index in [0.29, 0.717) is 26.1 Å². The van der Waals surface area contributed by atoms with Crippen molar-refractivity contribution >= 4 is 11.8 Å². The molecule has 6 rings (SSSR count). The quantitative estimate of drug-likeness (QED) is 0.805. The second-order valence-electron chi connectivity index (χ2n) is 10.0. The molecule has 1 spiro atoms. The third-order valence-electron chi connectivity index (χ3n) is 8.46. The Morgan fingerprint density at radius 1 is 1.16 bits per heavy atom. The molecule has 1 N–H and O–H groups in total. The van der Waals surface area contributed by atoms with E-state index >= 15 is 0 Å². The summed E-state index contributed by atoms with van der Waals surface area (Å²) >= 11 is 0. The zero-order valence-corrected chi connectivity index (χ0v) is 18.3. The van der Waals surface area contributed by atoms with Gasteiger partial charge in [-0.2, -0.15) is 0 Å². The van der Waals surface area contributed by atoms with Gasteiger partial charge in [0, 0.05) is 43.0 Å². The number of carbonyl (C=O) groups is 2. The van der Waals surface area contributed by atoms with Crippen LogP contribution in [0.25, 0.3) is 11.3 Å². The molecule has 168 valence electrons. The van der Waals surface area contributed by atoms with Crippen LogP contribution in [-0.4, -0.2) is 68.6 Å². The zero-order valence-electron chi connectivity index (χ0n) is 18.3. The maximum atomic E-state index is 12.8. The number of rotatable bonds is 3. The third-order valence-corrected chi connectivity index (χ3v) is 8.46. The summed E-state index contributed by atoms with van der Waals surface area (Å²) in [6.45, 7) is 2.24. The minimum Gasteiger partial charge on any atom is -0.392 e. The Hall–Kier alpha value is -2.67. The highest BCUT2D eigenvalue weighted by Gasteiger charge is 2.58. The highest BCUT2D eigenvalue weighted by molar-refractivity contribution is 5.85. The maximum Gasteiger partial charge on any atom is 0.242 e. The summed E-state index contributed by atoms with van der Waals surface area (Å²) in [6, 6.07) is 8.58. The van der Waals surface area contributed by atoms with Crippen LogP contribution in [0.2, 0.25) is 0 Å². The summed E-state index contributed by atoms with van der Waals surface area (Å²) in [5.41, 5.74) is 3.53. The number of aromatic nitrogens is 2. The smallest absolute Gasteiger partial charge is 0.242 e. The Labute approximate surface area is 188 Å². The highest BCUT2D eigenvalue weighted by atomic mass is 16.3. The molecule has 4 heterocycles. The molecule has 3 atom stereocenters. The van der Waals surface area contributed by atoms with Crippen LogP contribution < -0.4 is 0 Å². The molecule has 1 aliphatic carbocycles. The summed E-state index contributed by atoms with van der Waals surface area (Å²) < 4.78 is 2.22. The zero-order chi connectivity index (χ0) is 21.9. The van der Waals surface area contributed by atoms with E-state index in [1.807, 2.05) is 17.4 Å². The number of aliphatic hydroxyl groups excluding tert-OH is 1. The van der Waals surface area contributed by atoms with Crippen molar-refractivity contribution in [3.8, 4) is 11.3 Å². The molecule has 1 saturated carbocycles. The average Bonchev–Trinajstić information content (AvgIpc) is 3.40. The standard InChI is InChI=1S/C25H30N4O3/c30-21-7-3-4-10-28(21)15-22(31)27-11-8-25(9-12-27)13-19(24(25)32)23-18-6-2-1-5-17(18)20-14-26-16-29(20)23/h1-2,5-6,14,16,19,23-24,32H,3-4,7-13,15H2/t19-,23+,24+/m0/s1. The van der Waals surface area contributed by atoms with Crippen LogP contribution in [-0.2, 0) is 9.59 Å². The molecule has 4 aliphatic rings. The van der Waals surface area contributed by atoms with Crippen LogP contribution in [0, 0.1) is 11.3 Å². The number of hydrogen-bond acceptors (Lipinski definition) is 4. The average molecular weight is 435 g/mol. The van der Waals surface area contributed by atoms with Crippen molar-refractivity contribution in [2.45, 2.75) is 50.7 Å². The molecule has 7 nitrogen and oxygen atoms in total. The fourth-order valence-corrected chi connectivity index (χ4v) is 6.58. The van der Waals surface area contributed by atoms with E-state index in [1.54, 1.807) is 4.90 Å². The fraction of sp³-hybridized carbons (Fsp3) is 0.560. The van der Waals surface area contributed by atoms with Crippen molar-refractivity contribution in [1.82, 2.24) is 19.4 Å². The van der Waals surface area contributed by atoms with Crippen LogP contribution in [0.3, 0.4) is 0 Å². The number of likely N-dealkylation sites (tertiary alicyclic amines) is 2. The predicted molar refractivity (Wildman–Crippen MR) is 119 cm³/mol. The van der Waals surface area contributed by atoms with E-state index in [2.05, 4.69) is 33.8 Å². The van der Waals surface area contributed by atoms with Gasteiger partial charge in [0.15, 0.2) is 0 Å². The Kier molecular flexibility index (Phi) is 4.64. The molecule has 1 aromatic carbocycles. The lowest BCUT2D eigenvalue weighted by Gasteiger charge is -2.58. The van der Waals surface area contributed by atoms with Gasteiger partial charge in [-0.3, -0.25) is 9.59 Å². The van der Waals surface area contributed by atoms with E-state index in [-0.39, 0.29) is 41.8 Å². The van der Waals surface area contributed by atoms with Gasteiger partial charge in [0.25, 0.3) is 0 Å². The molecule has 7 heteroatoms. The molecule has 32 heavy (non-hydrogen) atoms. The maximum absolute atomic E-state index is 12.8. The lowest BCUT2D eigenvalue weighted by atomic mass is 9.53. The van der Waals surface area contributed by atoms with Gasteiger partial charge in [-0.1, -0.05) is 24.3 Å². The monoisotopic (exact) mass is 434 g/mol. The Morgan fingerprint density at radius 2 is 1.97 bits per heavy atom. The Bertz CT molecular complexity index is 1050. The first-order valence-corrected chi connectivity index (χ1v) is 11.9. The predicted octanol–water partition coefficient (Wildman–Crippen LogP) is 2.46. The SMILES string of the molecule is O=C(CN1CCCCC1=O)N1CCC2(CC1)C[C@@H]([C@H]1c3ccccc3-c3cncn31)[C@H]2O. The van der Waals surface area contributed by atoms with Crippen molar-refractivity contribution in [2.75, 3.05) is 26.2 Å². The van der Waals surface area contributed by atoms with Gasteiger partial charge in [-0.25, -0.2) is 4.98 Å². The van der Waals surface area contributed by atoms with E-state index in [4.69, 9.17) is 0 Å². The minimum absolute atomic E-state index is 0.0493. The van der Waals surface area contributed by atoms with Crippen molar-refractivity contribution in [1.29, 1.82) is 0 Å². The second kappa shape index (κ2) is 7.44. The molecule has 0 bridgehead atoms. The molecule has 2 aromatic rings. The first-order valence-electron chi connectivity index (χ1n) is 11.9. The van der Waals surface area contributed by atoms with Gasteiger partial charge >= 0.3 is 0 Å². The Balaban J connectivity index is 1.11. The van der Waals surface area contributed by atoms with E-state index in [1.165, 1.54) is 11.1 Å². The first-order chi connectivity index (χ1) is 15.6. The summed E-state index contributed by atoms with van der Waals surface area (Å²) in [5.74, 6) is 0.319. The largest absolute Gasteiger partial charge is 0.392 e. The van der Waals surface area contributed by atoms with Crippen molar-refractivity contribution in [3.05, 3.63) is 42.4 Å². The van der Waals surface area contributed by atoms with E-state index in [9.17, 15) is 14.7 Å². The van der Waals surface area contributed by atoms with Crippen molar-refractivity contribution in [3.63, 3.8) is 0 Å². The number of hydrogen-bond donors (Lipinski definition) is 1. The molecular weight excluding hydrogens is 404 g/mol. The first kappa shape index (κ1) is 20.0. The fourth-order valence-electron chi connectivity index (χ4n) is 6.58. The van der Waals surface area contributed by atoms with Gasteiger partial charge in [-0.15, -0.1) is 0 Å². The van der Waals surface area contributed by atoms with Crippen LogP contribution in [0.15, 0.2) is 36.8 Å². The van der Waals surface area contributed by atoms with Gasteiger partial charge in [0.2, 0.25) is 11.8 Å². The van der Waals surface area contributed by atoms with Gasteiger partial charge < -0.3 is 19.5 Å². The second-order valence-corrected chi connectivity index (χ2v) is 10.0. The molecule has 3 fully saturated rings. The molecular formula is C25H30N4O3. The van der Waals surface area contributed by atoms with Gasteiger partial charge in [0.05, 0.1) is 36.9 Å². The molecule has 0 unspecified atom stereocenters. The van der Waals surface area contributed by atoms with Gasteiger partial charge in [-0.05, 0) is 37.7 Å². The topological polar surface area (TPSA) is 78.7 Å². The number of carbonyl (C=O) groups excluding carboxylic acids is 2. The number of nitrogens with zero attached hydrogens (tertiary/aromatic N) is 4. The van der Waals surface area contributed by atoms with E-state index in [0.717, 1.165) is 37.8 Å². The van der Waals surface area contributed by atoms with Crippen molar-refractivity contribution in [2.24, 2.45) is 11.3 Å². The number of fused-ring (bicyclic) bond motifs is 3. The normalized spacial score (nSPS) is 28.4. The molecule has 1 aromatic heterocycles. The van der Waals surface area contributed by atoms with Crippen LogP contribution >= 0.6 is 0 Å². The lowest BCUT2D eigenvalue weighted by molar-refractivity contribution is -0.165. The highest BCUT2D eigenvalue weighted by Crippen LogP contribution is 2.59. The lowest BCUT2D eigenvalue weighted by Crippen LogP contribution is -2.60. The number of imidazole rings is 1. The van der Waals surface area contributed by atoms with Crippen molar-refractivity contribution < 1.29 is 14.7 Å². The summed E-state index contributed by atoms with van der Waals surface area (Å²) in [5, 5.41) is 11.4. The molecule has 3 aliphatic heterocycles. The van der Waals surface area contributed by atoms with Crippen LogP contribution in [0.4, 0.5) is 0 Å². The Morgan fingerprint density at radius 3 is 2.75 bits per heavy atom. The molecule has 2 amide bonds. The number of aliphatic hydroxyl groups is 1. The molecule has 0 radical (unpaired) electrons. The third kappa shape index (κ3) is 2.94. The van der Waals surface area contributed by atoms with Crippen LogP contribution in [0.1, 0.15) is 50.1 Å². The summed E-state index contributed by atoms with van der Waals surface area (Å²) in [4.78, 5) is 32.8. The number of amides is 2. The summed E-state index contributed by atoms with van der Waals surface area (Å²) in [6.07, 6.45) is 8.53.